The SMILES string of the molecule is CC=CCCC=CCOC(C)(C)C=O. The summed E-state index contributed by atoms with van der Waals surface area (Å²) >= 11 is 0. The molecule has 80 valence electrons. The van der Waals surface area contributed by atoms with Gasteiger partial charge in [-0.25, -0.2) is 0 Å². The number of aldehydes is 1. The van der Waals surface area contributed by atoms with Crippen molar-refractivity contribution in [1.29, 1.82) is 0 Å². The average Bonchev–Trinajstić information content (AvgIpc) is 2.16. The molecule has 0 rings (SSSR count). The third kappa shape index (κ3) is 7.74. The van der Waals surface area contributed by atoms with Gasteiger partial charge in [-0.15, -0.1) is 0 Å². The second-order valence-electron chi connectivity index (χ2n) is 3.65. The number of carbonyl (C=O) groups is 1. The van der Waals surface area contributed by atoms with Gasteiger partial charge in [0.25, 0.3) is 0 Å². The van der Waals surface area contributed by atoms with Crippen molar-refractivity contribution in [3.63, 3.8) is 0 Å². The van der Waals surface area contributed by atoms with Crippen LogP contribution in [-0.4, -0.2) is 18.5 Å². The molecule has 0 aromatic heterocycles. The van der Waals surface area contributed by atoms with Gasteiger partial charge in [0.2, 0.25) is 0 Å². The maximum Gasteiger partial charge on any atom is 0.151 e. The summed E-state index contributed by atoms with van der Waals surface area (Å²) in [6.45, 7) is 6.03. The third-order valence-corrected chi connectivity index (χ3v) is 1.74. The first-order valence-electron chi connectivity index (χ1n) is 4.99. The highest BCUT2D eigenvalue weighted by atomic mass is 16.5. The van der Waals surface area contributed by atoms with Crippen LogP contribution in [0.4, 0.5) is 0 Å². The number of carbonyl (C=O) groups excluding carboxylic acids is 1. The molecular formula is C12H20O2. The van der Waals surface area contributed by atoms with E-state index in [2.05, 4.69) is 12.2 Å². The molecule has 0 unspecified atom stereocenters. The monoisotopic (exact) mass is 196 g/mol. The quantitative estimate of drug-likeness (QED) is 0.355. The maximum atomic E-state index is 10.5. The summed E-state index contributed by atoms with van der Waals surface area (Å²) in [5, 5.41) is 0. The molecule has 0 aliphatic heterocycles. The van der Waals surface area contributed by atoms with Crippen molar-refractivity contribution in [2.75, 3.05) is 6.61 Å². The molecule has 0 aromatic rings. The van der Waals surface area contributed by atoms with Crippen LogP contribution in [0, 0.1) is 0 Å². The number of hydrogen-bond acceptors (Lipinski definition) is 2. The van der Waals surface area contributed by atoms with E-state index in [4.69, 9.17) is 4.74 Å². The molecule has 0 radical (unpaired) electrons. The van der Waals surface area contributed by atoms with Gasteiger partial charge in [0.1, 0.15) is 5.60 Å². The molecule has 0 aliphatic carbocycles. The first-order valence-corrected chi connectivity index (χ1v) is 4.99. The Balaban J connectivity index is 3.48. The van der Waals surface area contributed by atoms with Crippen LogP contribution in [0.2, 0.25) is 0 Å². The lowest BCUT2D eigenvalue weighted by molar-refractivity contribution is -0.125. The Hall–Kier alpha value is -0.890. The third-order valence-electron chi connectivity index (χ3n) is 1.74. The molecule has 0 N–H and O–H groups in total. The molecule has 0 heterocycles. The zero-order chi connectivity index (χ0) is 10.9. The Morgan fingerprint density at radius 1 is 1.14 bits per heavy atom. The summed E-state index contributed by atoms with van der Waals surface area (Å²) in [6.07, 6.45) is 11.1. The smallest absolute Gasteiger partial charge is 0.151 e. The normalized spacial score (nSPS) is 12.8. The summed E-state index contributed by atoms with van der Waals surface area (Å²) in [4.78, 5) is 10.5. The molecule has 0 fully saturated rings. The van der Waals surface area contributed by atoms with Gasteiger partial charge in [-0.3, -0.25) is 0 Å². The topological polar surface area (TPSA) is 26.3 Å². The minimum atomic E-state index is -0.659. The molecule has 14 heavy (non-hydrogen) atoms. The van der Waals surface area contributed by atoms with Gasteiger partial charge >= 0.3 is 0 Å². The molecular weight excluding hydrogens is 176 g/mol. The van der Waals surface area contributed by atoms with E-state index < -0.39 is 5.60 Å². The lowest BCUT2D eigenvalue weighted by Gasteiger charge is -2.16. The number of rotatable bonds is 7. The Morgan fingerprint density at radius 2 is 1.79 bits per heavy atom. The van der Waals surface area contributed by atoms with E-state index >= 15 is 0 Å². The molecule has 0 spiro atoms. The van der Waals surface area contributed by atoms with Crippen LogP contribution in [0.5, 0.6) is 0 Å². The van der Waals surface area contributed by atoms with Crippen LogP contribution >= 0.6 is 0 Å². The van der Waals surface area contributed by atoms with E-state index in [0.717, 1.165) is 19.1 Å². The minimum Gasteiger partial charge on any atom is -0.364 e. The summed E-state index contributed by atoms with van der Waals surface area (Å²) in [5.74, 6) is 0. The second-order valence-corrected chi connectivity index (χ2v) is 3.65. The van der Waals surface area contributed by atoms with Gasteiger partial charge in [0, 0.05) is 0 Å². The van der Waals surface area contributed by atoms with Crippen LogP contribution in [0.1, 0.15) is 33.6 Å². The predicted molar refractivity (Wildman–Crippen MR) is 59.3 cm³/mol. The van der Waals surface area contributed by atoms with E-state index in [0.29, 0.717) is 6.61 Å². The van der Waals surface area contributed by atoms with E-state index in [1.54, 1.807) is 13.8 Å². The Bertz CT molecular complexity index is 202. The fraction of sp³-hybridized carbons (Fsp3) is 0.583. The molecule has 0 bridgehead atoms. The molecule has 0 aromatic carbocycles. The average molecular weight is 196 g/mol. The molecule has 0 saturated heterocycles. The Kier molecular flexibility index (Phi) is 7.03. The second kappa shape index (κ2) is 7.51. The molecule has 0 amide bonds. The van der Waals surface area contributed by atoms with E-state index in [1.807, 2.05) is 19.1 Å². The van der Waals surface area contributed by atoms with Crippen LogP contribution in [0.25, 0.3) is 0 Å². The highest BCUT2D eigenvalue weighted by Gasteiger charge is 2.14. The van der Waals surface area contributed by atoms with Gasteiger partial charge in [-0.05, 0) is 33.6 Å². The van der Waals surface area contributed by atoms with Crippen LogP contribution in [0.3, 0.4) is 0 Å². The van der Waals surface area contributed by atoms with Crippen molar-refractivity contribution < 1.29 is 9.53 Å². The zero-order valence-corrected chi connectivity index (χ0v) is 9.32. The summed E-state index contributed by atoms with van der Waals surface area (Å²) in [7, 11) is 0. The highest BCUT2D eigenvalue weighted by Crippen LogP contribution is 2.04. The van der Waals surface area contributed by atoms with Gasteiger partial charge < -0.3 is 9.53 Å². The lowest BCUT2D eigenvalue weighted by atomic mass is 10.2. The van der Waals surface area contributed by atoms with Crippen LogP contribution in [-0.2, 0) is 9.53 Å². The van der Waals surface area contributed by atoms with Crippen molar-refractivity contribution in [3.8, 4) is 0 Å². The van der Waals surface area contributed by atoms with Gasteiger partial charge in [0.05, 0.1) is 6.61 Å². The summed E-state index contributed by atoms with van der Waals surface area (Å²) < 4.78 is 5.31. The van der Waals surface area contributed by atoms with Crippen molar-refractivity contribution in [2.24, 2.45) is 0 Å². The van der Waals surface area contributed by atoms with E-state index in [-0.39, 0.29) is 0 Å². The Morgan fingerprint density at radius 3 is 2.36 bits per heavy atom. The fourth-order valence-corrected chi connectivity index (χ4v) is 0.842. The summed E-state index contributed by atoms with van der Waals surface area (Å²) in [6, 6.07) is 0. The molecule has 2 heteroatoms. The van der Waals surface area contributed by atoms with Crippen LogP contribution < -0.4 is 0 Å². The maximum absolute atomic E-state index is 10.5. The number of allylic oxidation sites excluding steroid dienone is 3. The zero-order valence-electron chi connectivity index (χ0n) is 9.32. The van der Waals surface area contributed by atoms with Crippen LogP contribution in [0.15, 0.2) is 24.3 Å². The first kappa shape index (κ1) is 13.1. The highest BCUT2D eigenvalue weighted by molar-refractivity contribution is 5.60. The predicted octanol–water partition coefficient (Wildman–Crippen LogP) is 2.89. The summed E-state index contributed by atoms with van der Waals surface area (Å²) in [5.41, 5.74) is -0.659. The number of ether oxygens (including phenoxy) is 1. The van der Waals surface area contributed by atoms with Gasteiger partial charge in [-0.2, -0.15) is 0 Å². The number of hydrogen-bond donors (Lipinski definition) is 0. The van der Waals surface area contributed by atoms with Gasteiger partial charge in [-0.1, -0.05) is 24.3 Å². The van der Waals surface area contributed by atoms with Crippen molar-refractivity contribution in [1.82, 2.24) is 0 Å². The molecule has 0 atom stereocenters. The Labute approximate surface area is 86.6 Å². The van der Waals surface area contributed by atoms with Gasteiger partial charge in [0.15, 0.2) is 6.29 Å². The largest absolute Gasteiger partial charge is 0.364 e. The molecule has 2 nitrogen and oxygen atoms in total. The van der Waals surface area contributed by atoms with E-state index in [9.17, 15) is 4.79 Å². The first-order chi connectivity index (χ1) is 6.62. The standard InChI is InChI=1S/C12H20O2/c1-4-5-6-7-8-9-10-14-12(2,3)11-13/h4-5,8-9,11H,6-7,10H2,1-3H3. The van der Waals surface area contributed by atoms with Crippen molar-refractivity contribution >= 4 is 6.29 Å². The van der Waals surface area contributed by atoms with E-state index in [1.165, 1.54) is 0 Å². The molecule has 0 saturated carbocycles. The van der Waals surface area contributed by atoms with Crippen molar-refractivity contribution in [3.05, 3.63) is 24.3 Å². The van der Waals surface area contributed by atoms with Crippen molar-refractivity contribution in [2.45, 2.75) is 39.2 Å². The number of unbranched alkanes of at least 4 members (excludes halogenated alkanes) is 1. The fourth-order valence-electron chi connectivity index (χ4n) is 0.842. The minimum absolute atomic E-state index is 0.502. The molecule has 0 aliphatic rings. The lowest BCUT2D eigenvalue weighted by Crippen LogP contribution is -2.25.